The average molecular weight is 439 g/mol. The first-order chi connectivity index (χ1) is 14.2. The van der Waals surface area contributed by atoms with Gasteiger partial charge in [0.05, 0.1) is 23.8 Å². The van der Waals surface area contributed by atoms with Crippen LogP contribution in [0.5, 0.6) is 0 Å². The summed E-state index contributed by atoms with van der Waals surface area (Å²) in [6.07, 6.45) is -2.22. The number of nitrogens with zero attached hydrogens (tertiary/aromatic N) is 1. The minimum absolute atomic E-state index is 0.161. The monoisotopic (exact) mass is 438 g/mol. The van der Waals surface area contributed by atoms with Crippen LogP contribution in [-0.4, -0.2) is 43.0 Å². The summed E-state index contributed by atoms with van der Waals surface area (Å²) in [7, 11) is 0. The molecule has 2 aromatic carbocycles. The van der Waals surface area contributed by atoms with Crippen LogP contribution >= 0.6 is 11.6 Å². The number of alkyl halides is 3. The summed E-state index contributed by atoms with van der Waals surface area (Å²) < 4.78 is 44.0. The van der Waals surface area contributed by atoms with Crippen molar-refractivity contribution in [3.63, 3.8) is 0 Å². The number of halogens is 4. The molecule has 1 fully saturated rings. The van der Waals surface area contributed by atoms with Crippen LogP contribution in [0.2, 0.25) is 5.02 Å². The molecular formula is C21H18ClF3N2O3. The number of nitrogens with one attached hydrogen (secondary N) is 1. The van der Waals surface area contributed by atoms with E-state index in [0.29, 0.717) is 37.6 Å². The molecule has 5 nitrogen and oxygen atoms in total. The molecule has 1 N–H and O–H groups in total. The highest BCUT2D eigenvalue weighted by atomic mass is 35.5. The van der Waals surface area contributed by atoms with E-state index in [1.54, 1.807) is 29.2 Å². The van der Waals surface area contributed by atoms with E-state index in [-0.39, 0.29) is 11.5 Å². The number of carbonyl (C=O) groups excluding carboxylic acids is 2. The van der Waals surface area contributed by atoms with Crippen LogP contribution in [0.25, 0.3) is 6.08 Å². The van der Waals surface area contributed by atoms with Gasteiger partial charge in [0, 0.05) is 30.4 Å². The van der Waals surface area contributed by atoms with E-state index in [1.807, 2.05) is 0 Å². The highest BCUT2D eigenvalue weighted by Crippen LogP contribution is 2.35. The molecule has 0 spiro atoms. The van der Waals surface area contributed by atoms with Gasteiger partial charge in [-0.1, -0.05) is 23.7 Å². The van der Waals surface area contributed by atoms with Gasteiger partial charge in [0.1, 0.15) is 0 Å². The minimum Gasteiger partial charge on any atom is -0.378 e. The van der Waals surface area contributed by atoms with E-state index < -0.39 is 22.7 Å². The average Bonchev–Trinajstić information content (AvgIpc) is 2.72. The maximum absolute atomic E-state index is 12.9. The zero-order valence-corrected chi connectivity index (χ0v) is 16.5. The molecule has 30 heavy (non-hydrogen) atoms. The molecule has 0 aromatic heterocycles. The van der Waals surface area contributed by atoms with Gasteiger partial charge in [0.2, 0.25) is 5.91 Å². The lowest BCUT2D eigenvalue weighted by atomic mass is 10.1. The number of benzene rings is 2. The lowest BCUT2D eigenvalue weighted by molar-refractivity contribution is -0.137. The maximum atomic E-state index is 12.9. The minimum atomic E-state index is -4.59. The SMILES string of the molecule is O=C(C=Cc1ccc(Cl)c(C(F)(F)F)c1)Nc1cccc(C(=O)N2CCOCC2)c1. The molecule has 3 rings (SSSR count). The Morgan fingerprint density at radius 1 is 1.10 bits per heavy atom. The molecule has 0 bridgehead atoms. The number of morpholine rings is 1. The van der Waals surface area contributed by atoms with Crippen LogP contribution in [0.4, 0.5) is 18.9 Å². The predicted molar refractivity (Wildman–Crippen MR) is 107 cm³/mol. The second kappa shape index (κ2) is 9.32. The van der Waals surface area contributed by atoms with Crippen LogP contribution in [0.15, 0.2) is 48.5 Å². The molecule has 158 valence electrons. The van der Waals surface area contributed by atoms with Crippen molar-refractivity contribution in [2.45, 2.75) is 6.18 Å². The van der Waals surface area contributed by atoms with Crippen molar-refractivity contribution in [3.05, 3.63) is 70.3 Å². The molecule has 1 saturated heterocycles. The fourth-order valence-corrected chi connectivity index (χ4v) is 3.12. The van der Waals surface area contributed by atoms with Crippen molar-refractivity contribution in [2.24, 2.45) is 0 Å². The van der Waals surface area contributed by atoms with E-state index in [2.05, 4.69) is 5.32 Å². The van der Waals surface area contributed by atoms with Crippen molar-refractivity contribution < 1.29 is 27.5 Å². The zero-order valence-electron chi connectivity index (χ0n) is 15.7. The molecule has 2 amide bonds. The van der Waals surface area contributed by atoms with Crippen molar-refractivity contribution in [3.8, 4) is 0 Å². The van der Waals surface area contributed by atoms with Crippen LogP contribution in [0, 0.1) is 0 Å². The van der Waals surface area contributed by atoms with E-state index in [0.717, 1.165) is 18.2 Å². The first kappa shape index (κ1) is 21.9. The van der Waals surface area contributed by atoms with E-state index in [4.69, 9.17) is 16.3 Å². The van der Waals surface area contributed by atoms with Crippen LogP contribution in [0.1, 0.15) is 21.5 Å². The molecule has 1 aliphatic rings. The Labute approximate surface area is 176 Å². The normalized spacial score (nSPS) is 14.7. The highest BCUT2D eigenvalue weighted by molar-refractivity contribution is 6.31. The van der Waals surface area contributed by atoms with Gasteiger partial charge < -0.3 is 15.0 Å². The predicted octanol–water partition coefficient (Wildman–Crippen LogP) is 4.48. The van der Waals surface area contributed by atoms with Crippen molar-refractivity contribution in [2.75, 3.05) is 31.6 Å². The Bertz CT molecular complexity index is 970. The Morgan fingerprint density at radius 3 is 2.53 bits per heavy atom. The van der Waals surface area contributed by atoms with Gasteiger partial charge in [-0.25, -0.2) is 0 Å². The molecule has 0 radical (unpaired) electrons. The van der Waals surface area contributed by atoms with Crippen LogP contribution in [0.3, 0.4) is 0 Å². The third-order valence-electron chi connectivity index (χ3n) is 4.40. The molecule has 9 heteroatoms. The van der Waals surface area contributed by atoms with Crippen LogP contribution in [-0.2, 0) is 15.7 Å². The fourth-order valence-electron chi connectivity index (χ4n) is 2.90. The summed E-state index contributed by atoms with van der Waals surface area (Å²) in [6.45, 7) is 1.96. The van der Waals surface area contributed by atoms with Gasteiger partial charge in [-0.05, 0) is 42.0 Å². The highest BCUT2D eigenvalue weighted by Gasteiger charge is 2.33. The van der Waals surface area contributed by atoms with Gasteiger partial charge >= 0.3 is 6.18 Å². The number of rotatable bonds is 4. The van der Waals surface area contributed by atoms with Crippen molar-refractivity contribution in [1.82, 2.24) is 4.90 Å². The molecule has 2 aromatic rings. The van der Waals surface area contributed by atoms with Crippen molar-refractivity contribution >= 4 is 35.2 Å². The molecule has 0 unspecified atom stereocenters. The zero-order chi connectivity index (χ0) is 21.7. The number of amides is 2. The molecule has 1 heterocycles. The number of hydrogen-bond acceptors (Lipinski definition) is 3. The number of hydrogen-bond donors (Lipinski definition) is 1. The summed E-state index contributed by atoms with van der Waals surface area (Å²) in [6, 6.07) is 9.83. The largest absolute Gasteiger partial charge is 0.417 e. The summed E-state index contributed by atoms with van der Waals surface area (Å²) in [5.74, 6) is -0.708. The second-order valence-corrected chi connectivity index (χ2v) is 6.95. The first-order valence-corrected chi connectivity index (χ1v) is 9.45. The smallest absolute Gasteiger partial charge is 0.378 e. The Hall–Kier alpha value is -2.84. The van der Waals surface area contributed by atoms with Gasteiger partial charge in [0.15, 0.2) is 0 Å². The third-order valence-corrected chi connectivity index (χ3v) is 4.73. The van der Waals surface area contributed by atoms with E-state index >= 15 is 0 Å². The fraction of sp³-hybridized carbons (Fsp3) is 0.238. The molecule has 0 saturated carbocycles. The quantitative estimate of drug-likeness (QED) is 0.716. The first-order valence-electron chi connectivity index (χ1n) is 9.07. The molecule has 0 aliphatic carbocycles. The lowest BCUT2D eigenvalue weighted by Crippen LogP contribution is -2.40. The summed E-state index contributed by atoms with van der Waals surface area (Å²) in [4.78, 5) is 26.4. The van der Waals surface area contributed by atoms with Gasteiger partial charge in [-0.2, -0.15) is 13.2 Å². The van der Waals surface area contributed by atoms with Gasteiger partial charge in [-0.15, -0.1) is 0 Å². The lowest BCUT2D eigenvalue weighted by Gasteiger charge is -2.27. The number of anilines is 1. The van der Waals surface area contributed by atoms with Crippen LogP contribution < -0.4 is 5.32 Å². The number of carbonyl (C=O) groups is 2. The maximum Gasteiger partial charge on any atom is 0.417 e. The summed E-state index contributed by atoms with van der Waals surface area (Å²) >= 11 is 5.59. The van der Waals surface area contributed by atoms with Gasteiger partial charge in [-0.3, -0.25) is 9.59 Å². The Kier molecular flexibility index (Phi) is 6.79. The summed E-state index contributed by atoms with van der Waals surface area (Å²) in [5.41, 5.74) is 0.0289. The standard InChI is InChI=1S/C21H18ClF3N2O3/c22-18-6-4-14(12-17(18)21(23,24)25)5-7-19(28)26-16-3-1-2-15(13-16)20(29)27-8-10-30-11-9-27/h1-7,12-13H,8-11H2,(H,26,28). The third kappa shape index (κ3) is 5.61. The summed E-state index contributed by atoms with van der Waals surface area (Å²) in [5, 5.41) is 2.19. The Morgan fingerprint density at radius 2 is 1.83 bits per heavy atom. The molecule has 1 aliphatic heterocycles. The van der Waals surface area contributed by atoms with E-state index in [9.17, 15) is 22.8 Å². The second-order valence-electron chi connectivity index (χ2n) is 6.55. The van der Waals surface area contributed by atoms with E-state index in [1.165, 1.54) is 12.1 Å². The Balaban J connectivity index is 1.67. The van der Waals surface area contributed by atoms with Crippen molar-refractivity contribution in [1.29, 1.82) is 0 Å². The molecular weight excluding hydrogens is 421 g/mol. The topological polar surface area (TPSA) is 58.6 Å². The van der Waals surface area contributed by atoms with Gasteiger partial charge in [0.25, 0.3) is 5.91 Å². The molecule has 0 atom stereocenters. The number of ether oxygens (including phenoxy) is 1.